The Bertz CT molecular complexity index is 2140. The van der Waals surface area contributed by atoms with E-state index in [2.05, 4.69) is 4.98 Å². The molecular weight excluding hydrogens is 831 g/mol. The van der Waals surface area contributed by atoms with Crippen molar-refractivity contribution < 1.29 is 63.7 Å². The standard InChI is InChI=1S/C39H44F6N4O8S2/c1-3-8-30-37(57-26-22-31(58-23-26)39(43,44)45,14-7-18-49(30)34(51)32-28(38(40,41)42)10-6-17-46-32)35(52)48-19-15-36(53,16-20-48)27-9-4-5-11-29(27)56-25-13-12-24(21-25)33(50)47-59(2,54)55/h4-6,9-11,17,22-25,30,53H,3,7-8,12-16,18-21H2,1-2H3,(H,47,50)/t24-,25?,30-,37+/m1/s1. The highest BCUT2D eigenvalue weighted by molar-refractivity contribution is 7.89. The lowest BCUT2D eigenvalue weighted by atomic mass is 9.78. The van der Waals surface area contributed by atoms with Gasteiger partial charge in [0, 0.05) is 55.2 Å². The summed E-state index contributed by atoms with van der Waals surface area (Å²) in [6.07, 6.45) is -6.83. The summed E-state index contributed by atoms with van der Waals surface area (Å²) in [5.74, 6) is -2.98. The second-order valence-corrected chi connectivity index (χ2v) is 17.9. The number of halogens is 6. The molecule has 4 heterocycles. The SMILES string of the molecule is CCC[C@H]1N(C(=O)c2ncccc2C(F)(F)F)CCC[C@@]1(Oc1csc(C(F)(F)F)c1)C(=O)N1CCC(O)(c2ccccc2OC2CC[C@@H](C(=O)NS(C)(=O)=O)C2)CC1. The van der Waals surface area contributed by atoms with Crippen LogP contribution in [0.5, 0.6) is 11.5 Å². The van der Waals surface area contributed by atoms with Gasteiger partial charge in [-0.2, -0.15) is 26.3 Å². The number of aromatic nitrogens is 1. The van der Waals surface area contributed by atoms with E-state index in [0.29, 0.717) is 41.9 Å². The molecule has 3 fully saturated rings. The van der Waals surface area contributed by atoms with Crippen LogP contribution in [0.3, 0.4) is 0 Å². The van der Waals surface area contributed by atoms with E-state index in [1.165, 1.54) is 4.90 Å². The molecule has 0 spiro atoms. The van der Waals surface area contributed by atoms with E-state index in [1.54, 1.807) is 31.2 Å². The van der Waals surface area contributed by atoms with Gasteiger partial charge in [0.2, 0.25) is 21.5 Å². The fourth-order valence-corrected chi connectivity index (χ4v) is 9.59. The summed E-state index contributed by atoms with van der Waals surface area (Å²) in [5.41, 5.74) is -5.31. The molecule has 1 aromatic carbocycles. The number of sulfonamides is 1. The minimum Gasteiger partial charge on any atom is -0.490 e. The molecule has 12 nitrogen and oxygen atoms in total. The number of likely N-dealkylation sites (tertiary alicyclic amines) is 2. The number of benzene rings is 1. The number of ether oxygens (including phenoxy) is 2. The minimum absolute atomic E-state index is 0.0279. The maximum absolute atomic E-state index is 15.0. The summed E-state index contributed by atoms with van der Waals surface area (Å²) in [5, 5.41) is 13.2. The second-order valence-electron chi connectivity index (χ2n) is 15.2. The van der Waals surface area contributed by atoms with Gasteiger partial charge < -0.3 is 24.4 Å². The smallest absolute Gasteiger partial charge is 0.425 e. The number of hydrogen-bond acceptors (Lipinski definition) is 10. The Kier molecular flexibility index (Phi) is 12.6. The Balaban J connectivity index is 1.27. The van der Waals surface area contributed by atoms with Gasteiger partial charge >= 0.3 is 12.4 Å². The molecule has 6 rings (SSSR count). The van der Waals surface area contributed by atoms with Crippen LogP contribution < -0.4 is 14.2 Å². The first-order valence-corrected chi connectivity index (χ1v) is 21.9. The zero-order valence-electron chi connectivity index (χ0n) is 32.1. The zero-order chi connectivity index (χ0) is 43.0. The monoisotopic (exact) mass is 874 g/mol. The normalized spacial score (nSPS) is 23.8. The molecule has 1 unspecified atom stereocenters. The molecule has 0 radical (unpaired) electrons. The molecule has 1 saturated carbocycles. The van der Waals surface area contributed by atoms with Gasteiger partial charge in [0.15, 0.2) is 0 Å². The van der Waals surface area contributed by atoms with Crippen LogP contribution in [0.2, 0.25) is 0 Å². The third-order valence-electron chi connectivity index (χ3n) is 11.1. The molecule has 2 aromatic heterocycles. The Morgan fingerprint density at radius 3 is 2.36 bits per heavy atom. The summed E-state index contributed by atoms with van der Waals surface area (Å²) < 4.78 is 121. The van der Waals surface area contributed by atoms with Crippen molar-refractivity contribution in [1.82, 2.24) is 19.5 Å². The van der Waals surface area contributed by atoms with Crippen molar-refractivity contribution in [3.8, 4) is 11.5 Å². The fourth-order valence-electron chi connectivity index (χ4n) is 8.38. The number of piperidine rings is 2. The summed E-state index contributed by atoms with van der Waals surface area (Å²) in [7, 11) is -3.75. The van der Waals surface area contributed by atoms with Crippen LogP contribution in [0.15, 0.2) is 54.0 Å². The quantitative estimate of drug-likeness (QED) is 0.205. The molecule has 3 aromatic rings. The first kappa shape index (κ1) is 44.1. The average molecular weight is 875 g/mol. The van der Waals surface area contributed by atoms with E-state index in [4.69, 9.17) is 9.47 Å². The van der Waals surface area contributed by atoms with Crippen molar-refractivity contribution >= 4 is 39.1 Å². The van der Waals surface area contributed by atoms with Crippen LogP contribution in [0, 0.1) is 5.92 Å². The van der Waals surface area contributed by atoms with Crippen LogP contribution in [0.1, 0.15) is 91.2 Å². The van der Waals surface area contributed by atoms with Crippen molar-refractivity contribution in [3.05, 3.63) is 75.7 Å². The van der Waals surface area contributed by atoms with Crippen molar-refractivity contribution in [2.45, 2.75) is 100 Å². The van der Waals surface area contributed by atoms with Crippen LogP contribution in [-0.4, -0.2) is 89.7 Å². The van der Waals surface area contributed by atoms with Gasteiger partial charge in [0.1, 0.15) is 22.1 Å². The van der Waals surface area contributed by atoms with Crippen molar-refractivity contribution in [3.63, 3.8) is 0 Å². The zero-order valence-corrected chi connectivity index (χ0v) is 33.8. The largest absolute Gasteiger partial charge is 0.490 e. The van der Waals surface area contributed by atoms with Gasteiger partial charge in [-0.25, -0.2) is 8.42 Å². The Labute approximate surface area is 340 Å². The molecule has 322 valence electrons. The average Bonchev–Trinajstić information content (AvgIpc) is 3.85. The molecule has 4 atom stereocenters. The predicted octanol–water partition coefficient (Wildman–Crippen LogP) is 6.54. The van der Waals surface area contributed by atoms with Crippen molar-refractivity contribution in [2.24, 2.45) is 5.92 Å². The summed E-state index contributed by atoms with van der Waals surface area (Å²) >= 11 is 0.348. The number of nitrogens with one attached hydrogen (secondary N) is 1. The highest BCUT2D eigenvalue weighted by Gasteiger charge is 2.57. The Morgan fingerprint density at radius 2 is 1.71 bits per heavy atom. The van der Waals surface area contributed by atoms with E-state index in [-0.39, 0.29) is 63.9 Å². The molecule has 0 bridgehead atoms. The predicted molar refractivity (Wildman–Crippen MR) is 202 cm³/mol. The highest BCUT2D eigenvalue weighted by Crippen LogP contribution is 2.45. The third kappa shape index (κ3) is 9.64. The number of amides is 3. The number of rotatable bonds is 11. The minimum atomic E-state index is -4.94. The number of para-hydroxylation sites is 1. The molecular formula is C39H44F6N4O8S2. The first-order chi connectivity index (χ1) is 27.6. The van der Waals surface area contributed by atoms with Crippen LogP contribution >= 0.6 is 11.3 Å². The Hall–Kier alpha value is -4.43. The lowest BCUT2D eigenvalue weighted by Crippen LogP contribution is -2.68. The molecule has 1 aliphatic carbocycles. The first-order valence-electron chi connectivity index (χ1n) is 19.1. The van der Waals surface area contributed by atoms with Gasteiger partial charge in [0.25, 0.3) is 11.8 Å². The third-order valence-corrected chi connectivity index (χ3v) is 12.6. The van der Waals surface area contributed by atoms with E-state index >= 15 is 0 Å². The number of pyridine rings is 1. The number of nitrogens with zero attached hydrogens (tertiary/aromatic N) is 3. The van der Waals surface area contributed by atoms with Gasteiger partial charge in [-0.1, -0.05) is 31.5 Å². The number of alkyl halides is 6. The molecule has 3 aliphatic rings. The number of carbonyl (C=O) groups excluding carboxylic acids is 3. The summed E-state index contributed by atoms with van der Waals surface area (Å²) in [4.78, 5) is 46.8. The van der Waals surface area contributed by atoms with E-state index < -0.39 is 85.5 Å². The highest BCUT2D eigenvalue weighted by atomic mass is 32.2. The van der Waals surface area contributed by atoms with E-state index in [9.17, 15) is 54.3 Å². The van der Waals surface area contributed by atoms with E-state index in [1.807, 2.05) is 4.72 Å². The molecule has 2 saturated heterocycles. The second kappa shape index (κ2) is 16.9. The van der Waals surface area contributed by atoms with Crippen molar-refractivity contribution in [1.29, 1.82) is 0 Å². The maximum atomic E-state index is 15.0. The fraction of sp³-hybridized carbons (Fsp3) is 0.538. The van der Waals surface area contributed by atoms with Crippen LogP contribution in [0.25, 0.3) is 0 Å². The molecule has 2 aliphatic heterocycles. The topological polar surface area (TPSA) is 155 Å². The summed E-state index contributed by atoms with van der Waals surface area (Å²) in [6, 6.07) is 8.02. The van der Waals surface area contributed by atoms with Gasteiger partial charge in [-0.05, 0) is 63.1 Å². The number of thiophene rings is 1. The van der Waals surface area contributed by atoms with Gasteiger partial charge in [-0.15, -0.1) is 11.3 Å². The lowest BCUT2D eigenvalue weighted by molar-refractivity contribution is -0.163. The van der Waals surface area contributed by atoms with Gasteiger partial charge in [0.05, 0.1) is 29.6 Å². The molecule has 2 N–H and O–H groups in total. The molecule has 20 heteroatoms. The number of aliphatic hydroxyl groups is 1. The lowest BCUT2D eigenvalue weighted by Gasteiger charge is -2.51. The van der Waals surface area contributed by atoms with Crippen molar-refractivity contribution in [2.75, 3.05) is 25.9 Å². The molecule has 59 heavy (non-hydrogen) atoms. The van der Waals surface area contributed by atoms with Gasteiger partial charge in [-0.3, -0.25) is 24.1 Å². The Morgan fingerprint density at radius 1 is 1.00 bits per heavy atom. The van der Waals surface area contributed by atoms with Crippen LogP contribution in [0.4, 0.5) is 26.3 Å². The number of hydrogen-bond donors (Lipinski definition) is 2. The van der Waals surface area contributed by atoms with Crippen LogP contribution in [-0.2, 0) is 37.6 Å². The summed E-state index contributed by atoms with van der Waals surface area (Å²) in [6.45, 7) is 1.51. The van der Waals surface area contributed by atoms with E-state index in [0.717, 1.165) is 40.9 Å². The molecule has 3 amide bonds. The maximum Gasteiger partial charge on any atom is 0.425 e. The number of carbonyl (C=O) groups is 3.